The Morgan fingerprint density at radius 1 is 0.338 bits per heavy atom. The first kappa shape index (κ1) is 37.1. The van der Waals surface area contributed by atoms with E-state index >= 15 is 9.59 Å². The van der Waals surface area contributed by atoms with Gasteiger partial charge in [0.15, 0.2) is 29.0 Å². The number of carbonyl (C=O) groups excluding carboxylic acids is 2. The Labute approximate surface area is 406 Å². The van der Waals surface area contributed by atoms with Gasteiger partial charge in [-0.1, -0.05) is 158 Å². The molecule has 0 N–H and O–H groups in total. The number of hydrogen-bond donors (Lipinski definition) is 0. The van der Waals surface area contributed by atoms with Crippen molar-refractivity contribution in [2.75, 3.05) is 0 Å². The summed E-state index contributed by atoms with van der Waals surface area (Å²) in [7, 11) is 0. The van der Waals surface area contributed by atoms with Crippen molar-refractivity contribution >= 4 is 49.7 Å². The molecule has 6 aliphatic carbocycles. The number of hydrogen-bond acceptors (Lipinski definition) is 5. The van der Waals surface area contributed by atoms with Gasteiger partial charge in [0.05, 0.1) is 28.4 Å². The predicted octanol–water partition coefficient (Wildman–Crippen LogP) is 13.5. The minimum atomic E-state index is -0.384. The van der Waals surface area contributed by atoms with Crippen LogP contribution in [0.3, 0.4) is 0 Å². The lowest BCUT2D eigenvalue weighted by Gasteiger charge is -2.64. The summed E-state index contributed by atoms with van der Waals surface area (Å²) >= 11 is 0. The molecule has 18 rings (SSSR count). The smallest absolute Gasteiger partial charge is 0.171 e. The lowest BCUT2D eigenvalue weighted by atomic mass is 9.36. The van der Waals surface area contributed by atoms with Gasteiger partial charge in [-0.25, -0.2) is 15.0 Å². The first-order valence-corrected chi connectivity index (χ1v) is 24.7. The fourth-order valence-electron chi connectivity index (χ4n) is 15.5. The van der Waals surface area contributed by atoms with Crippen molar-refractivity contribution < 1.29 is 9.59 Å². The molecule has 6 atom stereocenters. The minimum Gasteiger partial charge on any atom is -0.308 e. The van der Waals surface area contributed by atoms with Crippen LogP contribution in [0.15, 0.2) is 194 Å². The van der Waals surface area contributed by atoms with Crippen LogP contribution in [0.4, 0.5) is 0 Å². The maximum Gasteiger partial charge on any atom is 0.171 e. The summed E-state index contributed by atoms with van der Waals surface area (Å²) in [6.07, 6.45) is 0. The number of rotatable bonds is 3. The first-order chi connectivity index (χ1) is 35.0. The molecular weight excluding hydrogens is 869 g/mol. The predicted molar refractivity (Wildman–Crippen MR) is 276 cm³/mol. The van der Waals surface area contributed by atoms with Crippen molar-refractivity contribution in [3.05, 3.63) is 261 Å². The number of fused-ring (bicyclic) bond motifs is 18. The van der Waals surface area contributed by atoms with E-state index in [1.165, 1.54) is 33.4 Å². The molecule has 0 aliphatic heterocycles. The van der Waals surface area contributed by atoms with Crippen LogP contribution in [-0.4, -0.2) is 30.9 Å². The third-order valence-electron chi connectivity index (χ3n) is 18.1. The minimum absolute atomic E-state index is 0.0398. The van der Waals surface area contributed by atoms with Crippen molar-refractivity contribution in [2.24, 2.45) is 0 Å². The molecular formula is C65H36N4O2. The fourth-order valence-corrected chi connectivity index (χ4v) is 15.5. The van der Waals surface area contributed by atoms with Gasteiger partial charge in [-0.05, 0) is 92.0 Å². The van der Waals surface area contributed by atoms with E-state index in [-0.39, 0.29) is 46.1 Å². The Kier molecular flexibility index (Phi) is 6.42. The van der Waals surface area contributed by atoms with Gasteiger partial charge in [0.25, 0.3) is 0 Å². The molecule has 0 bridgehead atoms. The van der Waals surface area contributed by atoms with Crippen molar-refractivity contribution in [2.45, 2.75) is 34.5 Å². The van der Waals surface area contributed by atoms with Crippen molar-refractivity contribution in [3.8, 4) is 34.2 Å². The molecule has 0 saturated carbocycles. The van der Waals surface area contributed by atoms with E-state index in [9.17, 15) is 0 Å². The van der Waals surface area contributed by atoms with Crippen LogP contribution in [0.5, 0.6) is 0 Å². The van der Waals surface area contributed by atoms with Gasteiger partial charge in [-0.2, -0.15) is 0 Å². The molecule has 0 radical (unpaired) electrons. The maximum atomic E-state index is 15.4. The van der Waals surface area contributed by atoms with Gasteiger partial charge in [0.2, 0.25) is 0 Å². The summed E-state index contributed by atoms with van der Waals surface area (Å²) in [6, 6.07) is 68.5. The van der Waals surface area contributed by atoms with E-state index in [1.807, 2.05) is 60.7 Å². The maximum absolute atomic E-state index is 15.4. The summed E-state index contributed by atoms with van der Waals surface area (Å²) in [5, 5.41) is 4.25. The average Bonchev–Trinajstić information content (AvgIpc) is 3.90. The molecule has 6 nitrogen and oxygen atoms in total. The summed E-state index contributed by atoms with van der Waals surface area (Å²) in [5.41, 5.74) is 18.6. The van der Waals surface area contributed by atoms with Crippen LogP contribution in [0.25, 0.3) is 72.3 Å². The van der Waals surface area contributed by atoms with E-state index in [0.29, 0.717) is 17.5 Å². The van der Waals surface area contributed by atoms with Gasteiger partial charge in [-0.3, -0.25) is 9.59 Å². The zero-order valence-electron chi connectivity index (χ0n) is 37.9. The van der Waals surface area contributed by atoms with Crippen LogP contribution in [0.1, 0.15) is 100 Å². The second-order valence-electron chi connectivity index (χ2n) is 20.8. The Morgan fingerprint density at radius 2 is 0.690 bits per heavy atom. The van der Waals surface area contributed by atoms with Gasteiger partial charge >= 0.3 is 0 Å². The Balaban J connectivity index is 0.949. The van der Waals surface area contributed by atoms with Crippen molar-refractivity contribution in [3.63, 3.8) is 0 Å². The molecule has 12 aromatic rings. The van der Waals surface area contributed by atoms with E-state index in [4.69, 9.17) is 15.0 Å². The van der Waals surface area contributed by atoms with E-state index in [1.54, 1.807) is 0 Å². The Morgan fingerprint density at radius 3 is 1.10 bits per heavy atom. The molecule has 0 fully saturated rings. The molecule has 71 heavy (non-hydrogen) atoms. The molecule has 328 valence electrons. The van der Waals surface area contributed by atoms with Crippen LogP contribution >= 0.6 is 0 Å². The van der Waals surface area contributed by atoms with Gasteiger partial charge in [0.1, 0.15) is 0 Å². The number of nitrogens with zero attached hydrogens (tertiary/aromatic N) is 4. The SMILES string of the molecule is O=C1c2cc3c(cc2C2c4ccccc4C24c2ccccc2C14)c1cc(-c2nc(-c4ccccc4)nc(-c4ccccc4)n2)cc2c4cc5c(cc4n3c12)C(=O)C1c2ccccc2C12c1ccccc1C52. The summed E-state index contributed by atoms with van der Waals surface area (Å²) in [6.45, 7) is 0. The van der Waals surface area contributed by atoms with Crippen molar-refractivity contribution in [1.29, 1.82) is 0 Å². The second-order valence-corrected chi connectivity index (χ2v) is 20.8. The van der Waals surface area contributed by atoms with E-state index in [0.717, 1.165) is 88.2 Å². The van der Waals surface area contributed by atoms with Crippen molar-refractivity contribution in [1.82, 2.24) is 19.4 Å². The number of benzene rings is 9. The van der Waals surface area contributed by atoms with Gasteiger partial charge in [-0.15, -0.1) is 0 Å². The molecule has 2 spiro atoms. The molecule has 0 saturated heterocycles. The highest BCUT2D eigenvalue weighted by Gasteiger charge is 2.70. The van der Waals surface area contributed by atoms with Crippen LogP contribution < -0.4 is 0 Å². The standard InChI is InChI=1S/C65H36N4O2/c70-59-46-31-52-40(29-42(46)54-36-19-7-11-23-48(36)64(54)50-25-13-9-21-38(50)56(59)64)44-27-35(63-67-61(33-15-3-1-4-16-33)66-62(68-63)34-17-5-2-6-18-34)28-45-41-30-43-47(32-53(41)69(52)58(44)45)60(71)57-39-22-10-14-26-51(39)65(57)49-24-12-8-20-37(49)55(43)65/h1-32,54-57H. The Bertz CT molecular complexity index is 4220. The van der Waals surface area contributed by atoms with Crippen LogP contribution in [0.2, 0.25) is 0 Å². The van der Waals surface area contributed by atoms with Crippen LogP contribution in [-0.2, 0) is 10.8 Å². The molecule has 6 aliphatic rings. The first-order valence-electron chi connectivity index (χ1n) is 24.7. The Hall–Kier alpha value is -8.87. The molecule has 6 heteroatoms. The number of aromatic nitrogens is 4. The van der Waals surface area contributed by atoms with Crippen LogP contribution in [0, 0.1) is 0 Å². The lowest BCUT2D eigenvalue weighted by molar-refractivity contribution is 0.0839. The molecule has 6 unspecified atom stereocenters. The van der Waals surface area contributed by atoms with E-state index < -0.39 is 0 Å². The van der Waals surface area contributed by atoms with E-state index in [2.05, 4.69) is 138 Å². The molecule has 3 heterocycles. The van der Waals surface area contributed by atoms with Gasteiger partial charge in [0, 0.05) is 72.0 Å². The number of carbonyl (C=O) groups is 2. The summed E-state index contributed by atoms with van der Waals surface area (Å²) < 4.78 is 2.36. The highest BCUT2D eigenvalue weighted by molar-refractivity contribution is 6.27. The third-order valence-corrected chi connectivity index (χ3v) is 18.1. The van der Waals surface area contributed by atoms with Gasteiger partial charge < -0.3 is 4.40 Å². The zero-order chi connectivity index (χ0) is 46.2. The summed E-state index contributed by atoms with van der Waals surface area (Å²) in [5.74, 6) is 1.72. The average molecular weight is 905 g/mol. The normalized spacial score (nSPS) is 23.1. The zero-order valence-corrected chi connectivity index (χ0v) is 37.9. The lowest BCUT2D eigenvalue weighted by Crippen LogP contribution is -2.61. The molecule has 0 amide bonds. The molecule has 3 aromatic heterocycles. The molecule has 9 aromatic carbocycles. The monoisotopic (exact) mass is 904 g/mol. The summed E-state index contributed by atoms with van der Waals surface area (Å²) in [4.78, 5) is 46.4. The third kappa shape index (κ3) is 4.00. The number of ketones is 2. The highest BCUT2D eigenvalue weighted by Crippen LogP contribution is 2.75. The fraction of sp³-hybridized carbons (Fsp3) is 0.0923. The largest absolute Gasteiger partial charge is 0.308 e. The second kappa shape index (κ2) is 12.3. The quantitative estimate of drug-likeness (QED) is 0.176. The highest BCUT2D eigenvalue weighted by atomic mass is 16.1. The number of Topliss-reactive ketones (excluding diaryl/α,β-unsaturated/α-hetero) is 2. The topological polar surface area (TPSA) is 77.2 Å².